The van der Waals surface area contributed by atoms with Crippen molar-refractivity contribution in [1.82, 2.24) is 4.31 Å². The number of carbonyl (C=O) groups is 1. The van der Waals surface area contributed by atoms with Crippen molar-refractivity contribution < 1.29 is 26.4 Å². The van der Waals surface area contributed by atoms with Gasteiger partial charge in [0.25, 0.3) is 10.0 Å². The molecule has 1 saturated heterocycles. The van der Waals surface area contributed by atoms with E-state index < -0.39 is 32.5 Å². The Morgan fingerprint density at radius 1 is 0.865 bits per heavy atom. The van der Waals surface area contributed by atoms with Gasteiger partial charge in [0.2, 0.25) is 15.9 Å². The molecule has 0 bridgehead atoms. The summed E-state index contributed by atoms with van der Waals surface area (Å²) >= 11 is 0. The van der Waals surface area contributed by atoms with Gasteiger partial charge in [-0.2, -0.15) is 4.31 Å². The smallest absolute Gasteiger partial charge is 0.264 e. The molecule has 11 heteroatoms. The Bertz CT molecular complexity index is 1420. The first-order valence-electron chi connectivity index (χ1n) is 11.9. The standard InChI is InChI=1S/C26H29N3O6S2/c1-2-35-23-12-16-25(17-13-23)37(33,34)29(22-8-4-3-5-9-22)20-26(30)27-21-10-14-24(15-11-21)36(31,32)28-18-6-7-19-28/h3-5,8-17H,2,6-7,18-20H2,1H3,(H,27,30). The Hall–Kier alpha value is -3.41. The van der Waals surface area contributed by atoms with Crippen molar-refractivity contribution in [2.24, 2.45) is 0 Å². The number of hydrogen-bond acceptors (Lipinski definition) is 6. The average Bonchev–Trinajstić information content (AvgIpc) is 3.45. The van der Waals surface area contributed by atoms with Gasteiger partial charge < -0.3 is 10.1 Å². The minimum Gasteiger partial charge on any atom is -0.494 e. The van der Waals surface area contributed by atoms with Gasteiger partial charge in [-0.15, -0.1) is 0 Å². The van der Waals surface area contributed by atoms with Gasteiger partial charge >= 0.3 is 0 Å². The van der Waals surface area contributed by atoms with Crippen molar-refractivity contribution in [1.29, 1.82) is 0 Å². The number of carbonyl (C=O) groups excluding carboxylic acids is 1. The van der Waals surface area contributed by atoms with Crippen molar-refractivity contribution in [3.05, 3.63) is 78.9 Å². The third-order valence-corrected chi connectivity index (χ3v) is 9.60. The van der Waals surface area contributed by atoms with Crippen molar-refractivity contribution in [2.45, 2.75) is 29.6 Å². The SMILES string of the molecule is CCOc1ccc(S(=O)(=O)N(CC(=O)Nc2ccc(S(=O)(=O)N3CCCC3)cc2)c2ccccc2)cc1. The van der Waals surface area contributed by atoms with E-state index in [1.54, 1.807) is 42.5 Å². The van der Waals surface area contributed by atoms with Crippen molar-refractivity contribution >= 4 is 37.3 Å². The van der Waals surface area contributed by atoms with E-state index in [0.717, 1.165) is 17.1 Å². The number of hydrogen-bond donors (Lipinski definition) is 1. The zero-order chi connectivity index (χ0) is 26.5. The van der Waals surface area contributed by atoms with Crippen LogP contribution in [0.15, 0.2) is 88.7 Å². The van der Waals surface area contributed by atoms with Crippen molar-refractivity contribution in [3.8, 4) is 5.75 Å². The second-order valence-electron chi connectivity index (χ2n) is 8.44. The summed E-state index contributed by atoms with van der Waals surface area (Å²) in [7, 11) is -7.65. The molecule has 1 aliphatic rings. The summed E-state index contributed by atoms with van der Waals surface area (Å²) in [6.07, 6.45) is 1.68. The van der Waals surface area contributed by atoms with Gasteiger partial charge in [-0.25, -0.2) is 16.8 Å². The van der Waals surface area contributed by atoms with Gasteiger partial charge in [0.1, 0.15) is 12.3 Å². The third kappa shape index (κ3) is 6.12. The van der Waals surface area contributed by atoms with E-state index in [9.17, 15) is 21.6 Å². The Labute approximate surface area is 217 Å². The van der Waals surface area contributed by atoms with E-state index in [1.165, 1.54) is 40.7 Å². The molecule has 0 aliphatic carbocycles. The molecule has 0 atom stereocenters. The Morgan fingerprint density at radius 2 is 1.46 bits per heavy atom. The second kappa shape index (κ2) is 11.3. The van der Waals surface area contributed by atoms with Crippen LogP contribution in [0.2, 0.25) is 0 Å². The summed E-state index contributed by atoms with van der Waals surface area (Å²) in [5, 5.41) is 2.67. The van der Waals surface area contributed by atoms with E-state index in [-0.39, 0.29) is 9.79 Å². The van der Waals surface area contributed by atoms with Gasteiger partial charge in [0.15, 0.2) is 0 Å². The number of amides is 1. The van der Waals surface area contributed by atoms with Crippen LogP contribution in [0, 0.1) is 0 Å². The molecule has 1 amide bonds. The monoisotopic (exact) mass is 543 g/mol. The molecule has 3 aromatic carbocycles. The second-order valence-corrected chi connectivity index (χ2v) is 12.2. The first-order chi connectivity index (χ1) is 17.7. The summed E-state index contributed by atoms with van der Waals surface area (Å²) in [6, 6.07) is 20.2. The van der Waals surface area contributed by atoms with Crippen molar-refractivity contribution in [2.75, 3.05) is 35.9 Å². The van der Waals surface area contributed by atoms with Gasteiger partial charge in [0, 0.05) is 18.8 Å². The van der Waals surface area contributed by atoms with E-state index in [1.807, 2.05) is 6.92 Å². The largest absolute Gasteiger partial charge is 0.494 e. The molecule has 1 N–H and O–H groups in total. The van der Waals surface area contributed by atoms with Crippen LogP contribution in [-0.4, -0.2) is 53.3 Å². The molecule has 4 rings (SSSR count). The predicted molar refractivity (Wildman–Crippen MR) is 142 cm³/mol. The highest BCUT2D eigenvalue weighted by atomic mass is 32.2. The minimum absolute atomic E-state index is 0.0177. The maximum atomic E-state index is 13.5. The molecule has 3 aromatic rings. The number of nitrogens with zero attached hydrogens (tertiary/aromatic N) is 2. The molecule has 1 aliphatic heterocycles. The molecule has 37 heavy (non-hydrogen) atoms. The molecule has 196 valence electrons. The fraction of sp³-hybridized carbons (Fsp3) is 0.269. The first kappa shape index (κ1) is 26.6. The third-order valence-electron chi connectivity index (χ3n) is 5.90. The van der Waals surface area contributed by atoms with Crippen LogP contribution in [0.1, 0.15) is 19.8 Å². The maximum absolute atomic E-state index is 13.5. The number of rotatable bonds is 10. The Morgan fingerprint density at radius 3 is 2.05 bits per heavy atom. The zero-order valence-electron chi connectivity index (χ0n) is 20.4. The highest BCUT2D eigenvalue weighted by Gasteiger charge is 2.28. The molecular weight excluding hydrogens is 514 g/mol. The molecule has 0 saturated carbocycles. The summed E-state index contributed by atoms with van der Waals surface area (Å²) in [4.78, 5) is 13.1. The first-order valence-corrected chi connectivity index (χ1v) is 14.8. The fourth-order valence-corrected chi connectivity index (χ4v) is 6.97. The van der Waals surface area contributed by atoms with Gasteiger partial charge in [-0.05, 0) is 80.4 Å². The van der Waals surface area contributed by atoms with Crippen molar-refractivity contribution in [3.63, 3.8) is 0 Å². The molecule has 0 spiro atoms. The lowest BCUT2D eigenvalue weighted by atomic mass is 10.3. The number of ether oxygens (including phenoxy) is 1. The van der Waals surface area contributed by atoms with Crippen LogP contribution in [0.5, 0.6) is 5.75 Å². The molecule has 0 radical (unpaired) electrons. The topological polar surface area (TPSA) is 113 Å². The summed E-state index contributed by atoms with van der Waals surface area (Å²) in [5.74, 6) is -0.0332. The van der Waals surface area contributed by atoms with Crippen LogP contribution >= 0.6 is 0 Å². The molecular formula is C26H29N3O6S2. The summed E-state index contributed by atoms with van der Waals surface area (Å²) in [6.45, 7) is 2.80. The van der Waals surface area contributed by atoms with Crippen LogP contribution in [0.4, 0.5) is 11.4 Å². The number of nitrogens with one attached hydrogen (secondary N) is 1. The normalized spacial score (nSPS) is 14.3. The predicted octanol–water partition coefficient (Wildman–Crippen LogP) is 3.70. The lowest BCUT2D eigenvalue weighted by molar-refractivity contribution is -0.114. The van der Waals surface area contributed by atoms with Gasteiger partial charge in [-0.3, -0.25) is 9.10 Å². The fourth-order valence-electron chi connectivity index (χ4n) is 4.03. The summed E-state index contributed by atoms with van der Waals surface area (Å²) in [5.41, 5.74) is 0.690. The van der Waals surface area contributed by atoms with Crippen LogP contribution in [0.3, 0.4) is 0 Å². The molecule has 1 heterocycles. The lowest BCUT2D eigenvalue weighted by Gasteiger charge is -2.24. The Kier molecular flexibility index (Phi) is 8.16. The van der Waals surface area contributed by atoms with E-state index in [0.29, 0.717) is 36.8 Å². The van der Waals surface area contributed by atoms with Gasteiger partial charge in [0.05, 0.1) is 22.1 Å². The number of anilines is 2. The number of sulfonamides is 2. The summed E-state index contributed by atoms with van der Waals surface area (Å²) < 4.78 is 60.3. The lowest BCUT2D eigenvalue weighted by Crippen LogP contribution is -2.38. The Balaban J connectivity index is 1.52. The van der Waals surface area contributed by atoms with E-state index >= 15 is 0 Å². The van der Waals surface area contributed by atoms with Gasteiger partial charge in [-0.1, -0.05) is 18.2 Å². The zero-order valence-corrected chi connectivity index (χ0v) is 22.0. The number of benzene rings is 3. The van der Waals surface area contributed by atoms with Crippen LogP contribution in [0.25, 0.3) is 0 Å². The van der Waals surface area contributed by atoms with Crippen LogP contribution in [-0.2, 0) is 24.8 Å². The molecule has 0 aromatic heterocycles. The minimum atomic E-state index is -4.08. The molecule has 1 fully saturated rings. The highest BCUT2D eigenvalue weighted by Crippen LogP contribution is 2.26. The highest BCUT2D eigenvalue weighted by molar-refractivity contribution is 7.92. The molecule has 0 unspecified atom stereocenters. The average molecular weight is 544 g/mol. The van der Waals surface area contributed by atoms with E-state index in [4.69, 9.17) is 4.74 Å². The quantitative estimate of drug-likeness (QED) is 0.417. The van der Waals surface area contributed by atoms with Crippen LogP contribution < -0.4 is 14.4 Å². The molecule has 9 nitrogen and oxygen atoms in total. The maximum Gasteiger partial charge on any atom is 0.264 e. The van der Waals surface area contributed by atoms with E-state index in [2.05, 4.69) is 5.32 Å². The number of para-hydroxylation sites is 1.